The van der Waals surface area contributed by atoms with Crippen LogP contribution < -0.4 is 20.7 Å². The van der Waals surface area contributed by atoms with Gasteiger partial charge in [0.05, 0.1) is 6.04 Å². The Labute approximate surface area is 155 Å². The van der Waals surface area contributed by atoms with Crippen LogP contribution in [0.5, 0.6) is 5.75 Å². The van der Waals surface area contributed by atoms with Gasteiger partial charge in [-0.3, -0.25) is 9.59 Å². The maximum Gasteiger partial charge on any atom is 0.258 e. The number of ether oxygens (including phenoxy) is 1. The van der Waals surface area contributed by atoms with E-state index in [0.717, 1.165) is 37.8 Å². The van der Waals surface area contributed by atoms with Gasteiger partial charge in [0.25, 0.3) is 5.91 Å². The summed E-state index contributed by atoms with van der Waals surface area (Å²) in [4.78, 5) is 24.1. The summed E-state index contributed by atoms with van der Waals surface area (Å²) in [5, 5.41) is 9.38. The minimum absolute atomic E-state index is 0.0377. The fourth-order valence-electron chi connectivity index (χ4n) is 3.28. The quantitative estimate of drug-likeness (QED) is 0.695. The van der Waals surface area contributed by atoms with Crippen molar-refractivity contribution in [1.29, 1.82) is 0 Å². The zero-order valence-corrected chi connectivity index (χ0v) is 15.6. The van der Waals surface area contributed by atoms with Crippen LogP contribution in [0.3, 0.4) is 0 Å². The van der Waals surface area contributed by atoms with E-state index in [1.165, 1.54) is 0 Å². The van der Waals surface area contributed by atoms with Crippen molar-refractivity contribution in [2.45, 2.75) is 57.7 Å². The van der Waals surface area contributed by atoms with Gasteiger partial charge in [0.2, 0.25) is 5.91 Å². The van der Waals surface area contributed by atoms with Crippen LogP contribution in [0.25, 0.3) is 0 Å². The number of piperidine rings is 1. The number of carbonyl (C=O) groups is 2. The smallest absolute Gasteiger partial charge is 0.258 e. The SMILES string of the molecule is CC(NC(=O)[C@H]1CCN[C@@H](C)C1)c1ccc(OCC(=O)NC2CC2)cc1. The zero-order chi connectivity index (χ0) is 18.5. The predicted molar refractivity (Wildman–Crippen MR) is 99.8 cm³/mol. The number of hydrogen-bond acceptors (Lipinski definition) is 4. The molecule has 1 aromatic rings. The van der Waals surface area contributed by atoms with Gasteiger partial charge < -0.3 is 20.7 Å². The van der Waals surface area contributed by atoms with Gasteiger partial charge >= 0.3 is 0 Å². The molecular formula is C20H29N3O3. The summed E-state index contributed by atoms with van der Waals surface area (Å²) in [6, 6.07) is 8.24. The normalized spacial score (nSPS) is 23.8. The van der Waals surface area contributed by atoms with E-state index in [1.54, 1.807) is 0 Å². The number of hydrogen-bond donors (Lipinski definition) is 3. The first kappa shape index (κ1) is 18.7. The zero-order valence-electron chi connectivity index (χ0n) is 15.6. The number of rotatable bonds is 7. The van der Waals surface area contributed by atoms with Crippen molar-refractivity contribution in [3.63, 3.8) is 0 Å². The van der Waals surface area contributed by atoms with E-state index < -0.39 is 0 Å². The maximum absolute atomic E-state index is 12.5. The number of carbonyl (C=O) groups excluding carboxylic acids is 2. The molecule has 142 valence electrons. The Balaban J connectivity index is 1.45. The summed E-state index contributed by atoms with van der Waals surface area (Å²) in [5.74, 6) is 0.794. The lowest BCUT2D eigenvalue weighted by atomic mass is 9.92. The molecule has 1 saturated heterocycles. The van der Waals surface area contributed by atoms with Crippen molar-refractivity contribution in [1.82, 2.24) is 16.0 Å². The van der Waals surface area contributed by atoms with E-state index in [0.29, 0.717) is 17.8 Å². The monoisotopic (exact) mass is 359 g/mol. The minimum Gasteiger partial charge on any atom is -0.484 e. The Bertz CT molecular complexity index is 628. The maximum atomic E-state index is 12.5. The topological polar surface area (TPSA) is 79.5 Å². The average Bonchev–Trinajstić information content (AvgIpc) is 3.44. The third kappa shape index (κ3) is 5.46. The number of amides is 2. The van der Waals surface area contributed by atoms with Crippen LogP contribution >= 0.6 is 0 Å². The molecule has 1 aliphatic heterocycles. The summed E-state index contributed by atoms with van der Waals surface area (Å²) in [6.45, 7) is 5.04. The Morgan fingerprint density at radius 3 is 2.62 bits per heavy atom. The van der Waals surface area contributed by atoms with E-state index in [2.05, 4.69) is 22.9 Å². The molecule has 3 atom stereocenters. The van der Waals surface area contributed by atoms with E-state index in [1.807, 2.05) is 31.2 Å². The minimum atomic E-state index is -0.0755. The molecule has 0 radical (unpaired) electrons. The molecule has 6 heteroatoms. The molecule has 0 bridgehead atoms. The molecular weight excluding hydrogens is 330 g/mol. The third-order valence-corrected chi connectivity index (χ3v) is 5.05. The highest BCUT2D eigenvalue weighted by Crippen LogP contribution is 2.21. The van der Waals surface area contributed by atoms with Gasteiger partial charge in [-0.1, -0.05) is 12.1 Å². The summed E-state index contributed by atoms with van der Waals surface area (Å²) >= 11 is 0. The summed E-state index contributed by atoms with van der Waals surface area (Å²) < 4.78 is 5.51. The third-order valence-electron chi connectivity index (χ3n) is 5.05. The van der Waals surface area contributed by atoms with Crippen molar-refractivity contribution in [3.8, 4) is 5.75 Å². The molecule has 2 fully saturated rings. The molecule has 0 spiro atoms. The molecule has 1 unspecified atom stereocenters. The molecule has 3 N–H and O–H groups in total. The molecule has 1 heterocycles. The first-order valence-corrected chi connectivity index (χ1v) is 9.57. The van der Waals surface area contributed by atoms with Crippen LogP contribution in [0.4, 0.5) is 0 Å². The lowest BCUT2D eigenvalue weighted by molar-refractivity contribution is -0.126. The van der Waals surface area contributed by atoms with E-state index >= 15 is 0 Å². The summed E-state index contributed by atoms with van der Waals surface area (Å²) in [5.41, 5.74) is 1.02. The second-order valence-corrected chi connectivity index (χ2v) is 7.51. The Kier molecular flexibility index (Phi) is 6.14. The van der Waals surface area contributed by atoms with Crippen molar-refractivity contribution < 1.29 is 14.3 Å². The van der Waals surface area contributed by atoms with Gasteiger partial charge in [-0.05, 0) is 63.8 Å². The second kappa shape index (κ2) is 8.54. The van der Waals surface area contributed by atoms with Gasteiger partial charge in [-0.2, -0.15) is 0 Å². The standard InChI is InChI=1S/C20H29N3O3/c1-13-11-16(9-10-21-13)20(25)22-14(2)15-3-7-18(8-4-15)26-12-19(24)23-17-5-6-17/h3-4,7-8,13-14,16-17,21H,5-6,9-12H2,1-2H3,(H,22,25)(H,23,24)/t13-,14?,16-/m0/s1. The van der Waals surface area contributed by atoms with Crippen LogP contribution in [0.15, 0.2) is 24.3 Å². The fraction of sp³-hybridized carbons (Fsp3) is 0.600. The molecule has 2 amide bonds. The molecule has 26 heavy (non-hydrogen) atoms. The average molecular weight is 359 g/mol. The fourth-order valence-corrected chi connectivity index (χ4v) is 3.28. The summed E-state index contributed by atoms with van der Waals surface area (Å²) in [6.07, 6.45) is 3.91. The van der Waals surface area contributed by atoms with Crippen LogP contribution in [0, 0.1) is 5.92 Å². The molecule has 1 aromatic carbocycles. The largest absolute Gasteiger partial charge is 0.484 e. The van der Waals surface area contributed by atoms with E-state index in [9.17, 15) is 9.59 Å². The van der Waals surface area contributed by atoms with Crippen LogP contribution in [0.1, 0.15) is 51.1 Å². The molecule has 1 aliphatic carbocycles. The molecule has 1 saturated carbocycles. The lowest BCUT2D eigenvalue weighted by Crippen LogP contribution is -2.42. The molecule has 3 rings (SSSR count). The Morgan fingerprint density at radius 1 is 1.23 bits per heavy atom. The van der Waals surface area contributed by atoms with Gasteiger partial charge in [0, 0.05) is 18.0 Å². The Hall–Kier alpha value is -2.08. The van der Waals surface area contributed by atoms with E-state index in [-0.39, 0.29) is 30.4 Å². The van der Waals surface area contributed by atoms with Crippen LogP contribution in [-0.4, -0.2) is 37.0 Å². The van der Waals surface area contributed by atoms with Crippen molar-refractivity contribution >= 4 is 11.8 Å². The van der Waals surface area contributed by atoms with Gasteiger partial charge in [0.15, 0.2) is 6.61 Å². The Morgan fingerprint density at radius 2 is 1.96 bits per heavy atom. The summed E-state index contributed by atoms with van der Waals surface area (Å²) in [7, 11) is 0. The number of nitrogens with one attached hydrogen (secondary N) is 3. The van der Waals surface area contributed by atoms with E-state index in [4.69, 9.17) is 4.74 Å². The van der Waals surface area contributed by atoms with Gasteiger partial charge in [0.1, 0.15) is 5.75 Å². The van der Waals surface area contributed by atoms with Crippen molar-refractivity contribution in [2.24, 2.45) is 5.92 Å². The highest BCUT2D eigenvalue weighted by Gasteiger charge is 2.26. The second-order valence-electron chi connectivity index (χ2n) is 7.51. The van der Waals surface area contributed by atoms with Crippen LogP contribution in [-0.2, 0) is 9.59 Å². The van der Waals surface area contributed by atoms with Crippen LogP contribution in [0.2, 0.25) is 0 Å². The molecule has 0 aromatic heterocycles. The lowest BCUT2D eigenvalue weighted by Gasteiger charge is -2.28. The van der Waals surface area contributed by atoms with Gasteiger partial charge in [-0.15, -0.1) is 0 Å². The number of benzene rings is 1. The van der Waals surface area contributed by atoms with Crippen molar-refractivity contribution in [2.75, 3.05) is 13.2 Å². The molecule has 2 aliphatic rings. The molecule has 6 nitrogen and oxygen atoms in total. The highest BCUT2D eigenvalue weighted by molar-refractivity contribution is 5.79. The first-order chi connectivity index (χ1) is 12.5. The van der Waals surface area contributed by atoms with Crippen molar-refractivity contribution in [3.05, 3.63) is 29.8 Å². The van der Waals surface area contributed by atoms with Gasteiger partial charge in [-0.25, -0.2) is 0 Å². The predicted octanol–water partition coefficient (Wildman–Crippen LogP) is 1.91. The first-order valence-electron chi connectivity index (χ1n) is 9.57. The highest BCUT2D eigenvalue weighted by atomic mass is 16.5.